The first-order chi connectivity index (χ1) is 14.2. The molecule has 5 nitrogen and oxygen atoms in total. The van der Waals surface area contributed by atoms with E-state index in [9.17, 15) is 9.90 Å². The van der Waals surface area contributed by atoms with Crippen molar-refractivity contribution >= 4 is 46.3 Å². The molecule has 1 fully saturated rings. The summed E-state index contributed by atoms with van der Waals surface area (Å²) in [5.74, 6) is -0.231. The fraction of sp³-hybridized carbons (Fsp3) is 0.318. The summed E-state index contributed by atoms with van der Waals surface area (Å²) < 4.78 is 15.4. The Bertz CT molecular complexity index is 873. The molecular formula is C22H23Cl3O5. The molecule has 2 aromatic rings. The van der Waals surface area contributed by atoms with Crippen molar-refractivity contribution in [2.75, 3.05) is 0 Å². The zero-order chi connectivity index (χ0) is 22.3. The van der Waals surface area contributed by atoms with Crippen LogP contribution in [0.5, 0.6) is 5.75 Å². The number of esters is 1. The van der Waals surface area contributed by atoms with Crippen LogP contribution in [0.25, 0.3) is 5.57 Å². The van der Waals surface area contributed by atoms with Crippen molar-refractivity contribution in [3.05, 3.63) is 69.2 Å². The fourth-order valence-corrected chi connectivity index (χ4v) is 3.39. The van der Waals surface area contributed by atoms with E-state index in [-0.39, 0.29) is 24.1 Å². The largest absolute Gasteiger partial charge is 0.507 e. The average Bonchev–Trinajstić information content (AvgIpc) is 2.64. The monoisotopic (exact) mass is 472 g/mol. The molecule has 0 amide bonds. The van der Waals surface area contributed by atoms with Gasteiger partial charge in [-0.15, -0.1) is 0 Å². The third kappa shape index (κ3) is 7.49. The number of carbonyl (C=O) groups excluding carboxylic acids is 1. The molecule has 1 heterocycles. The van der Waals surface area contributed by atoms with Gasteiger partial charge in [0.25, 0.3) is 0 Å². The first-order valence-corrected chi connectivity index (χ1v) is 10.4. The Kier molecular flexibility index (Phi) is 9.46. The molecular weight excluding hydrogens is 451 g/mol. The second kappa shape index (κ2) is 11.6. The summed E-state index contributed by atoms with van der Waals surface area (Å²) in [5.41, 5.74) is 3.62. The van der Waals surface area contributed by atoms with E-state index in [0.717, 1.165) is 5.56 Å². The lowest BCUT2D eigenvalue weighted by Gasteiger charge is -2.31. The van der Waals surface area contributed by atoms with Crippen LogP contribution in [0, 0.1) is 0 Å². The van der Waals surface area contributed by atoms with Gasteiger partial charge in [-0.2, -0.15) is 0 Å². The summed E-state index contributed by atoms with van der Waals surface area (Å²) in [6.45, 7) is 5.08. The lowest BCUT2D eigenvalue weighted by Crippen LogP contribution is -2.37. The van der Waals surface area contributed by atoms with Gasteiger partial charge in [0.1, 0.15) is 5.75 Å². The number of rotatable bonds is 3. The molecule has 8 heteroatoms. The van der Waals surface area contributed by atoms with Gasteiger partial charge in [-0.1, -0.05) is 46.9 Å². The smallest absolute Gasteiger partial charge is 0.304 e. The molecule has 1 aliphatic heterocycles. The van der Waals surface area contributed by atoms with Gasteiger partial charge in [-0.3, -0.25) is 4.79 Å². The van der Waals surface area contributed by atoms with Crippen LogP contribution >= 0.6 is 34.8 Å². The van der Waals surface area contributed by atoms with Crippen LogP contribution in [0.4, 0.5) is 0 Å². The van der Waals surface area contributed by atoms with E-state index >= 15 is 0 Å². The van der Waals surface area contributed by atoms with Crippen LogP contribution in [0.15, 0.2) is 48.0 Å². The highest BCUT2D eigenvalue weighted by Crippen LogP contribution is 2.33. The molecule has 3 rings (SSSR count). The number of carbonyl (C=O) groups is 1. The van der Waals surface area contributed by atoms with Crippen molar-refractivity contribution in [3.8, 4) is 5.75 Å². The molecule has 0 saturated carbocycles. The minimum Gasteiger partial charge on any atom is -0.507 e. The van der Waals surface area contributed by atoms with Gasteiger partial charge in [-0.25, -0.2) is 0 Å². The van der Waals surface area contributed by atoms with Crippen molar-refractivity contribution in [1.29, 1.82) is 0 Å². The molecule has 0 bridgehead atoms. The van der Waals surface area contributed by atoms with E-state index < -0.39 is 6.29 Å². The quantitative estimate of drug-likeness (QED) is 0.524. The van der Waals surface area contributed by atoms with E-state index in [1.54, 1.807) is 31.2 Å². The van der Waals surface area contributed by atoms with Crippen LogP contribution in [0.3, 0.4) is 0 Å². The lowest BCUT2D eigenvalue weighted by atomic mass is 9.99. The van der Waals surface area contributed by atoms with Crippen molar-refractivity contribution in [3.63, 3.8) is 0 Å². The lowest BCUT2D eigenvalue weighted by molar-refractivity contribution is -0.288. The maximum atomic E-state index is 10.6. The Morgan fingerprint density at radius 1 is 1.10 bits per heavy atom. The van der Waals surface area contributed by atoms with Crippen LogP contribution in [-0.2, 0) is 19.0 Å². The predicted molar refractivity (Wildman–Crippen MR) is 119 cm³/mol. The third-order valence-corrected chi connectivity index (χ3v) is 4.81. The highest BCUT2D eigenvalue weighted by molar-refractivity contribution is 6.31. The summed E-state index contributed by atoms with van der Waals surface area (Å²) >= 11 is 17.5. The van der Waals surface area contributed by atoms with Crippen molar-refractivity contribution in [2.24, 2.45) is 0 Å². The topological polar surface area (TPSA) is 65.0 Å². The molecule has 0 spiro atoms. The maximum absolute atomic E-state index is 10.6. The number of phenolic OH excluding ortho intramolecular Hbond substituents is 1. The van der Waals surface area contributed by atoms with Crippen molar-refractivity contribution in [2.45, 2.75) is 45.9 Å². The highest BCUT2D eigenvalue weighted by atomic mass is 35.5. The molecule has 162 valence electrons. The van der Waals surface area contributed by atoms with Gasteiger partial charge in [0.05, 0.1) is 6.10 Å². The summed E-state index contributed by atoms with van der Waals surface area (Å²) in [6, 6.07) is 12.1. The first-order valence-electron chi connectivity index (χ1n) is 9.23. The van der Waals surface area contributed by atoms with Gasteiger partial charge < -0.3 is 19.3 Å². The standard InChI is InChI=1S/C14H9Cl3O.C8H14O4/c15-8-13(9-1-3-10(16)4-2-9)12-6-5-11(17)7-14(12)18;1-5-4-8(11-6(2)9)12-7(3)10-5/h1-8,18H;5,7-8H,4H2,1-3H3. The molecule has 0 radical (unpaired) electrons. The normalized spacial score (nSPS) is 21.4. The molecule has 3 atom stereocenters. The molecule has 1 aliphatic rings. The number of phenols is 1. The number of hydrogen-bond donors (Lipinski definition) is 1. The molecule has 0 aromatic heterocycles. The van der Waals surface area contributed by atoms with E-state index in [2.05, 4.69) is 0 Å². The number of aromatic hydroxyl groups is 1. The van der Waals surface area contributed by atoms with Gasteiger partial charge in [0.15, 0.2) is 6.29 Å². The summed E-state index contributed by atoms with van der Waals surface area (Å²) in [4.78, 5) is 10.6. The Hall–Kier alpha value is -1.76. The second-order valence-electron chi connectivity index (χ2n) is 6.62. The minimum atomic E-state index is -0.443. The first kappa shape index (κ1) is 24.5. The molecule has 3 unspecified atom stereocenters. The zero-order valence-electron chi connectivity index (χ0n) is 16.8. The number of hydrogen-bond acceptors (Lipinski definition) is 5. The van der Waals surface area contributed by atoms with Gasteiger partial charge in [0.2, 0.25) is 6.29 Å². The van der Waals surface area contributed by atoms with Crippen LogP contribution in [0.1, 0.15) is 38.3 Å². The average molecular weight is 474 g/mol. The highest BCUT2D eigenvalue weighted by Gasteiger charge is 2.26. The van der Waals surface area contributed by atoms with E-state index in [4.69, 9.17) is 49.0 Å². The van der Waals surface area contributed by atoms with E-state index in [1.807, 2.05) is 19.1 Å². The van der Waals surface area contributed by atoms with Crippen LogP contribution in [-0.4, -0.2) is 29.8 Å². The fourth-order valence-electron chi connectivity index (χ4n) is 2.86. The molecule has 1 saturated heterocycles. The number of ether oxygens (including phenoxy) is 3. The van der Waals surface area contributed by atoms with E-state index in [1.165, 1.54) is 18.5 Å². The molecule has 0 aliphatic carbocycles. The van der Waals surface area contributed by atoms with Crippen molar-refractivity contribution in [1.82, 2.24) is 0 Å². The van der Waals surface area contributed by atoms with Gasteiger partial charge >= 0.3 is 5.97 Å². The molecule has 1 N–H and O–H groups in total. The number of benzene rings is 2. The number of halogens is 3. The minimum absolute atomic E-state index is 0.0816. The van der Waals surface area contributed by atoms with Gasteiger partial charge in [-0.05, 0) is 49.7 Å². The molecule has 30 heavy (non-hydrogen) atoms. The second-order valence-corrected chi connectivity index (χ2v) is 7.71. The Balaban J connectivity index is 0.000000232. The summed E-state index contributed by atoms with van der Waals surface area (Å²) in [5, 5.41) is 11.0. The Labute approximate surface area is 191 Å². The van der Waals surface area contributed by atoms with E-state index in [0.29, 0.717) is 27.6 Å². The van der Waals surface area contributed by atoms with Crippen LogP contribution in [0.2, 0.25) is 10.0 Å². The Morgan fingerprint density at radius 3 is 2.27 bits per heavy atom. The Morgan fingerprint density at radius 2 is 1.73 bits per heavy atom. The predicted octanol–water partition coefficient (Wildman–Crippen LogP) is 6.37. The third-order valence-electron chi connectivity index (χ3n) is 4.10. The summed E-state index contributed by atoms with van der Waals surface area (Å²) in [7, 11) is 0. The van der Waals surface area contributed by atoms with Crippen molar-refractivity contribution < 1.29 is 24.1 Å². The zero-order valence-corrected chi connectivity index (χ0v) is 19.0. The van der Waals surface area contributed by atoms with Crippen LogP contribution < -0.4 is 0 Å². The SMILES string of the molecule is CC(=O)OC1CC(C)OC(C)O1.Oc1cc(Cl)ccc1C(=CCl)c1ccc(Cl)cc1. The molecule has 2 aromatic carbocycles. The van der Waals surface area contributed by atoms with Gasteiger partial charge in [0, 0.05) is 40.1 Å². The summed E-state index contributed by atoms with van der Waals surface area (Å²) in [6.07, 6.45) is -0.0540. The maximum Gasteiger partial charge on any atom is 0.304 e.